The molecule has 10 heteroatoms. The van der Waals surface area contributed by atoms with Gasteiger partial charge in [0.25, 0.3) is 0 Å². The number of halogens is 1. The minimum Gasteiger partial charge on any atom is -0.386 e. The average molecular weight is 432 g/mol. The molecule has 0 fully saturated rings. The second kappa shape index (κ2) is 7.19. The summed E-state index contributed by atoms with van der Waals surface area (Å²) in [4.78, 5) is 45.9. The summed E-state index contributed by atoms with van der Waals surface area (Å²) in [6.07, 6.45) is -7.56. The monoisotopic (exact) mass is 432 g/mol. The second-order valence-corrected chi connectivity index (χ2v) is 5.92. The maximum Gasteiger partial charge on any atom is 0.224 e. The highest BCUT2D eigenvalue weighted by molar-refractivity contribution is 14.1. The first-order chi connectivity index (χ1) is 9.76. The summed E-state index contributed by atoms with van der Waals surface area (Å²) in [5.74, 6) is -3.93. The van der Waals surface area contributed by atoms with Gasteiger partial charge in [-0.25, -0.2) is 0 Å². The molecule has 0 aromatic heterocycles. The van der Waals surface area contributed by atoms with Crippen LogP contribution in [0, 0.1) is 0 Å². The van der Waals surface area contributed by atoms with E-state index in [1.54, 1.807) is 0 Å². The van der Waals surface area contributed by atoms with Crippen molar-refractivity contribution in [3.05, 3.63) is 0 Å². The Morgan fingerprint density at radius 1 is 0.864 bits per heavy atom. The van der Waals surface area contributed by atoms with Crippen LogP contribution in [-0.2, 0) is 19.2 Å². The maximum atomic E-state index is 11.7. The molecule has 0 aromatic rings. The Bertz CT molecular complexity index is 505. The zero-order valence-corrected chi connectivity index (χ0v) is 14.1. The number of hydrogen-bond donors (Lipinski definition) is 5. The molecule has 0 rings (SSSR count). The molecule has 0 bridgehead atoms. The molecule has 5 N–H and O–H groups in total. The first kappa shape index (κ1) is 21.2. The normalized spacial score (nSPS) is 21.0. The van der Waals surface area contributed by atoms with Crippen LogP contribution in [0.15, 0.2) is 0 Å². The van der Waals surface area contributed by atoms with E-state index in [9.17, 15) is 44.7 Å². The standard InChI is InChI=1S/C12H17IO9/c1-4(14)7(17)8(18)11(21,5(2)15)12(22,6(3)16)9(19)10(13)20/h7-9,17-19,21-22H,1-3H3/t7?,8-,9+,11-,12-/m1/s1. The van der Waals surface area contributed by atoms with Crippen LogP contribution in [0.2, 0.25) is 0 Å². The van der Waals surface area contributed by atoms with Crippen molar-refractivity contribution in [2.24, 2.45) is 0 Å². The lowest BCUT2D eigenvalue weighted by atomic mass is 9.69. The Morgan fingerprint density at radius 2 is 1.23 bits per heavy atom. The smallest absolute Gasteiger partial charge is 0.224 e. The highest BCUT2D eigenvalue weighted by Gasteiger charge is 2.67. The van der Waals surface area contributed by atoms with Crippen LogP contribution in [0.1, 0.15) is 20.8 Å². The molecular weight excluding hydrogens is 415 g/mol. The fourth-order valence-electron chi connectivity index (χ4n) is 1.99. The van der Waals surface area contributed by atoms with E-state index < -0.39 is 50.7 Å². The van der Waals surface area contributed by atoms with E-state index in [4.69, 9.17) is 0 Å². The molecule has 0 spiro atoms. The summed E-state index contributed by atoms with van der Waals surface area (Å²) in [6, 6.07) is 0. The third-order valence-electron chi connectivity index (χ3n) is 3.41. The summed E-state index contributed by atoms with van der Waals surface area (Å²) in [5, 5.41) is 49.9. The van der Waals surface area contributed by atoms with Crippen LogP contribution >= 0.6 is 22.6 Å². The highest BCUT2D eigenvalue weighted by atomic mass is 127. The largest absolute Gasteiger partial charge is 0.386 e. The maximum absolute atomic E-state index is 11.7. The Balaban J connectivity index is 6.41. The van der Waals surface area contributed by atoms with Crippen molar-refractivity contribution in [3.63, 3.8) is 0 Å². The van der Waals surface area contributed by atoms with E-state index >= 15 is 0 Å². The molecule has 0 aromatic carbocycles. The molecule has 9 nitrogen and oxygen atoms in total. The Kier molecular flexibility index (Phi) is 6.93. The number of ketones is 3. The zero-order valence-electron chi connectivity index (χ0n) is 12.0. The molecule has 0 amide bonds. The quantitative estimate of drug-likeness (QED) is 0.202. The third-order valence-corrected chi connectivity index (χ3v) is 4.00. The third kappa shape index (κ3) is 3.26. The molecule has 0 heterocycles. The molecule has 0 aliphatic rings. The number of carbonyl (C=O) groups excluding carboxylic acids is 4. The Labute approximate surface area is 139 Å². The number of rotatable bonds is 8. The first-order valence-corrected chi connectivity index (χ1v) is 7.04. The molecule has 5 atom stereocenters. The van der Waals surface area contributed by atoms with Crippen molar-refractivity contribution in [2.45, 2.75) is 50.3 Å². The van der Waals surface area contributed by atoms with Gasteiger partial charge in [0.15, 0.2) is 34.7 Å². The fourth-order valence-corrected chi connectivity index (χ4v) is 2.44. The summed E-state index contributed by atoms with van der Waals surface area (Å²) in [5.41, 5.74) is -6.93. The van der Waals surface area contributed by atoms with Gasteiger partial charge in [-0.05, 0) is 20.8 Å². The van der Waals surface area contributed by atoms with E-state index in [1.165, 1.54) is 0 Å². The minimum absolute atomic E-state index is 0.647. The lowest BCUT2D eigenvalue weighted by Crippen LogP contribution is -2.75. The van der Waals surface area contributed by atoms with Crippen LogP contribution in [0.4, 0.5) is 0 Å². The molecule has 22 heavy (non-hydrogen) atoms. The number of aliphatic hydroxyl groups excluding tert-OH is 3. The van der Waals surface area contributed by atoms with Crippen LogP contribution in [-0.4, -0.2) is 76.2 Å². The van der Waals surface area contributed by atoms with E-state index in [0.717, 1.165) is 29.5 Å². The average Bonchev–Trinajstić information content (AvgIpc) is 2.41. The lowest BCUT2D eigenvalue weighted by molar-refractivity contribution is -0.232. The van der Waals surface area contributed by atoms with E-state index in [-0.39, 0.29) is 0 Å². The molecule has 0 saturated heterocycles. The van der Waals surface area contributed by atoms with Gasteiger partial charge in [0.05, 0.1) is 0 Å². The number of hydrogen-bond acceptors (Lipinski definition) is 9. The van der Waals surface area contributed by atoms with Gasteiger partial charge >= 0.3 is 0 Å². The molecule has 0 aliphatic carbocycles. The van der Waals surface area contributed by atoms with Crippen molar-refractivity contribution < 1.29 is 44.7 Å². The summed E-state index contributed by atoms with van der Waals surface area (Å²) in [7, 11) is 0. The SMILES string of the molecule is CC(=O)C(O)[C@@H](O)[C@](O)(C(C)=O)[C@@](O)(C(C)=O)[C@@H](O)C(=O)I. The van der Waals surface area contributed by atoms with Gasteiger partial charge in [-0.2, -0.15) is 0 Å². The van der Waals surface area contributed by atoms with Gasteiger partial charge in [-0.15, -0.1) is 0 Å². The summed E-state index contributed by atoms with van der Waals surface area (Å²) < 4.78 is -1.21. The Hall–Kier alpha value is -0.790. The Morgan fingerprint density at radius 3 is 1.45 bits per heavy atom. The van der Waals surface area contributed by atoms with Gasteiger partial charge in [-0.1, -0.05) is 0 Å². The van der Waals surface area contributed by atoms with Gasteiger partial charge in [-0.3, -0.25) is 19.2 Å². The van der Waals surface area contributed by atoms with Gasteiger partial charge in [0.1, 0.15) is 12.2 Å². The minimum atomic E-state index is -3.48. The van der Waals surface area contributed by atoms with Crippen LogP contribution in [0.5, 0.6) is 0 Å². The van der Waals surface area contributed by atoms with E-state index in [0.29, 0.717) is 13.8 Å². The van der Waals surface area contributed by atoms with Gasteiger partial charge in [0.2, 0.25) is 3.79 Å². The molecule has 0 saturated carbocycles. The van der Waals surface area contributed by atoms with Gasteiger partial charge < -0.3 is 25.5 Å². The van der Waals surface area contributed by atoms with Crippen molar-refractivity contribution in [1.82, 2.24) is 0 Å². The summed E-state index contributed by atoms with van der Waals surface area (Å²) >= 11 is 1.01. The van der Waals surface area contributed by atoms with Crippen molar-refractivity contribution in [1.29, 1.82) is 0 Å². The molecule has 1 unspecified atom stereocenters. The molecule has 0 aliphatic heterocycles. The van der Waals surface area contributed by atoms with E-state index in [2.05, 4.69) is 0 Å². The van der Waals surface area contributed by atoms with Crippen LogP contribution in [0.25, 0.3) is 0 Å². The molecule has 126 valence electrons. The van der Waals surface area contributed by atoms with Crippen molar-refractivity contribution in [2.75, 3.05) is 0 Å². The predicted octanol–water partition coefficient (Wildman–Crippen LogP) is -2.74. The second-order valence-electron chi connectivity index (χ2n) is 4.85. The fraction of sp³-hybridized carbons (Fsp3) is 0.667. The number of aliphatic hydroxyl groups is 5. The predicted molar refractivity (Wildman–Crippen MR) is 79.0 cm³/mol. The van der Waals surface area contributed by atoms with Crippen molar-refractivity contribution in [3.8, 4) is 0 Å². The molecule has 0 radical (unpaired) electrons. The highest BCUT2D eigenvalue weighted by Crippen LogP contribution is 2.34. The van der Waals surface area contributed by atoms with Crippen LogP contribution < -0.4 is 0 Å². The zero-order chi connectivity index (χ0) is 18.0. The topological polar surface area (TPSA) is 169 Å². The number of carbonyl (C=O) groups is 4. The first-order valence-electron chi connectivity index (χ1n) is 5.97. The van der Waals surface area contributed by atoms with Crippen LogP contribution in [0.3, 0.4) is 0 Å². The van der Waals surface area contributed by atoms with Crippen molar-refractivity contribution >= 4 is 43.7 Å². The number of Topliss-reactive ketones (excluding diaryl/α,β-unsaturated/α-hetero) is 3. The van der Waals surface area contributed by atoms with E-state index in [1.807, 2.05) is 0 Å². The van der Waals surface area contributed by atoms with Gasteiger partial charge in [0, 0.05) is 22.6 Å². The lowest BCUT2D eigenvalue weighted by Gasteiger charge is -2.45. The summed E-state index contributed by atoms with van der Waals surface area (Å²) in [6.45, 7) is 2.12. The molecular formula is C12H17IO9.